The zero-order valence-electron chi connectivity index (χ0n) is 20.9. The summed E-state index contributed by atoms with van der Waals surface area (Å²) in [4.78, 5) is 27.9. The number of nitrogens with zero attached hydrogens (tertiary/aromatic N) is 3. The van der Waals surface area contributed by atoms with Gasteiger partial charge in [0.25, 0.3) is 0 Å². The van der Waals surface area contributed by atoms with Crippen molar-refractivity contribution >= 4 is 29.2 Å². The van der Waals surface area contributed by atoms with Crippen molar-refractivity contribution in [2.24, 2.45) is 0 Å². The summed E-state index contributed by atoms with van der Waals surface area (Å²) in [5, 5.41) is 8.34. The minimum absolute atomic E-state index is 0.0138. The highest BCUT2D eigenvalue weighted by molar-refractivity contribution is 6.30. The molecule has 3 aromatic carbocycles. The predicted octanol–water partition coefficient (Wildman–Crippen LogP) is 6.39. The first-order valence-corrected chi connectivity index (χ1v) is 12.9. The third-order valence-corrected chi connectivity index (χ3v) is 6.31. The van der Waals surface area contributed by atoms with Crippen LogP contribution in [0.5, 0.6) is 0 Å². The first kappa shape index (κ1) is 26.2. The molecule has 0 atom stereocenters. The summed E-state index contributed by atoms with van der Waals surface area (Å²) >= 11 is 6.08. The summed E-state index contributed by atoms with van der Waals surface area (Å²) in [5.74, 6) is 0.237. The van der Waals surface area contributed by atoms with Crippen molar-refractivity contribution in [2.75, 3.05) is 18.4 Å². The number of hydrogen-bond acceptors (Lipinski definition) is 3. The van der Waals surface area contributed by atoms with Crippen LogP contribution in [0, 0.1) is 0 Å². The summed E-state index contributed by atoms with van der Waals surface area (Å²) in [6, 6.07) is 28.8. The Morgan fingerprint density at radius 2 is 1.62 bits per heavy atom. The molecule has 0 bridgehead atoms. The lowest BCUT2D eigenvalue weighted by Crippen LogP contribution is -2.39. The molecule has 0 spiro atoms. The van der Waals surface area contributed by atoms with Crippen molar-refractivity contribution in [3.8, 4) is 16.9 Å². The van der Waals surface area contributed by atoms with Crippen LogP contribution in [0.25, 0.3) is 16.9 Å². The maximum absolute atomic E-state index is 13.2. The van der Waals surface area contributed by atoms with Crippen molar-refractivity contribution in [1.29, 1.82) is 0 Å². The topological polar surface area (TPSA) is 67.2 Å². The second kappa shape index (κ2) is 12.9. The summed E-state index contributed by atoms with van der Waals surface area (Å²) in [6.07, 6.45) is 2.79. The maximum Gasteiger partial charge on any atom is 0.245 e. The molecule has 0 saturated carbocycles. The highest BCUT2D eigenvalue weighted by atomic mass is 35.5. The molecule has 0 fully saturated rings. The first-order chi connectivity index (χ1) is 18.0. The molecule has 0 aliphatic heterocycles. The Labute approximate surface area is 222 Å². The summed E-state index contributed by atoms with van der Waals surface area (Å²) < 4.78 is 1.68. The van der Waals surface area contributed by atoms with E-state index in [9.17, 15) is 9.59 Å². The Kier molecular flexibility index (Phi) is 9.11. The normalized spacial score (nSPS) is 10.8. The fourth-order valence-corrected chi connectivity index (χ4v) is 4.18. The van der Waals surface area contributed by atoms with Crippen LogP contribution >= 0.6 is 11.6 Å². The van der Waals surface area contributed by atoms with Crippen LogP contribution in [0.3, 0.4) is 0 Å². The lowest BCUT2D eigenvalue weighted by molar-refractivity contribution is -0.134. The van der Waals surface area contributed by atoms with E-state index in [1.165, 1.54) is 0 Å². The van der Waals surface area contributed by atoms with E-state index in [1.54, 1.807) is 21.7 Å². The number of halogens is 1. The van der Waals surface area contributed by atoms with E-state index >= 15 is 0 Å². The standard InChI is InChI=1S/C30H31ClN4O2/c1-2-3-20-34(30(37)19-14-23-10-6-4-7-11-23)22-29(36)32-28-21-27(24-12-8-5-9-13-24)33-35(28)26-17-15-25(31)16-18-26/h4-13,15-18,21H,2-3,14,19-20,22H2,1H3,(H,32,36). The summed E-state index contributed by atoms with van der Waals surface area (Å²) in [5.41, 5.74) is 3.54. The average Bonchev–Trinajstić information content (AvgIpc) is 3.34. The molecular weight excluding hydrogens is 484 g/mol. The van der Waals surface area contributed by atoms with E-state index in [-0.39, 0.29) is 18.4 Å². The van der Waals surface area contributed by atoms with Crippen molar-refractivity contribution in [2.45, 2.75) is 32.6 Å². The van der Waals surface area contributed by atoms with Gasteiger partial charge in [-0.05, 0) is 42.7 Å². The van der Waals surface area contributed by atoms with Gasteiger partial charge in [-0.2, -0.15) is 5.10 Å². The van der Waals surface area contributed by atoms with Crippen LogP contribution in [0.1, 0.15) is 31.7 Å². The quantitative estimate of drug-likeness (QED) is 0.252. The molecule has 0 saturated heterocycles. The molecule has 7 heteroatoms. The monoisotopic (exact) mass is 514 g/mol. The van der Waals surface area contributed by atoms with Gasteiger partial charge in [-0.3, -0.25) is 9.59 Å². The molecule has 1 heterocycles. The van der Waals surface area contributed by atoms with Crippen molar-refractivity contribution in [3.63, 3.8) is 0 Å². The number of aryl methyl sites for hydroxylation is 1. The maximum atomic E-state index is 13.2. The molecule has 0 unspecified atom stereocenters. The Morgan fingerprint density at radius 3 is 2.30 bits per heavy atom. The summed E-state index contributed by atoms with van der Waals surface area (Å²) in [6.45, 7) is 2.60. The van der Waals surface area contributed by atoms with E-state index < -0.39 is 0 Å². The van der Waals surface area contributed by atoms with E-state index in [0.717, 1.165) is 35.3 Å². The minimum Gasteiger partial charge on any atom is -0.333 e. The molecule has 0 aliphatic carbocycles. The minimum atomic E-state index is -0.265. The molecule has 4 rings (SSSR count). The number of hydrogen-bond donors (Lipinski definition) is 1. The van der Waals surface area contributed by atoms with Gasteiger partial charge in [-0.15, -0.1) is 0 Å². The third-order valence-electron chi connectivity index (χ3n) is 6.06. The molecule has 4 aromatic rings. The molecule has 1 N–H and O–H groups in total. The largest absolute Gasteiger partial charge is 0.333 e. The molecule has 37 heavy (non-hydrogen) atoms. The van der Waals surface area contributed by atoms with Gasteiger partial charge in [0.1, 0.15) is 5.82 Å². The van der Waals surface area contributed by atoms with E-state index in [0.29, 0.717) is 30.2 Å². The number of carbonyl (C=O) groups is 2. The van der Waals surface area contributed by atoms with Gasteiger partial charge in [0, 0.05) is 29.6 Å². The highest BCUT2D eigenvalue weighted by Gasteiger charge is 2.19. The van der Waals surface area contributed by atoms with E-state index in [1.807, 2.05) is 78.9 Å². The zero-order valence-corrected chi connectivity index (χ0v) is 21.7. The van der Waals surface area contributed by atoms with Crippen LogP contribution in [-0.2, 0) is 16.0 Å². The molecule has 6 nitrogen and oxygen atoms in total. The van der Waals surface area contributed by atoms with Gasteiger partial charge in [0.05, 0.1) is 17.9 Å². The van der Waals surface area contributed by atoms with Crippen molar-refractivity contribution < 1.29 is 9.59 Å². The lowest BCUT2D eigenvalue weighted by Gasteiger charge is -2.22. The molecule has 1 aromatic heterocycles. The molecule has 0 aliphatic rings. The number of unbranched alkanes of at least 4 members (excludes halogenated alkanes) is 1. The molecule has 2 amide bonds. The van der Waals surface area contributed by atoms with Gasteiger partial charge in [0.15, 0.2) is 0 Å². The Morgan fingerprint density at radius 1 is 0.946 bits per heavy atom. The fourth-order valence-electron chi connectivity index (χ4n) is 4.05. The van der Waals surface area contributed by atoms with Gasteiger partial charge in [-0.25, -0.2) is 4.68 Å². The van der Waals surface area contributed by atoms with Crippen LogP contribution in [0.15, 0.2) is 91.0 Å². The molecular formula is C30H31ClN4O2. The van der Waals surface area contributed by atoms with Crippen molar-refractivity contribution in [1.82, 2.24) is 14.7 Å². The Hall–Kier alpha value is -3.90. The van der Waals surface area contributed by atoms with E-state index in [4.69, 9.17) is 16.7 Å². The van der Waals surface area contributed by atoms with E-state index in [2.05, 4.69) is 12.2 Å². The Bertz CT molecular complexity index is 1300. The number of amides is 2. The average molecular weight is 515 g/mol. The number of aromatic nitrogens is 2. The second-order valence-electron chi connectivity index (χ2n) is 8.87. The van der Waals surface area contributed by atoms with Crippen molar-refractivity contribution in [3.05, 3.63) is 102 Å². The summed E-state index contributed by atoms with van der Waals surface area (Å²) in [7, 11) is 0. The fraction of sp³-hybridized carbons (Fsp3) is 0.233. The molecule has 0 radical (unpaired) electrons. The van der Waals surface area contributed by atoms with Gasteiger partial charge in [0.2, 0.25) is 11.8 Å². The highest BCUT2D eigenvalue weighted by Crippen LogP contribution is 2.25. The SMILES string of the molecule is CCCCN(CC(=O)Nc1cc(-c2ccccc2)nn1-c1ccc(Cl)cc1)C(=O)CCc1ccccc1. The van der Waals surface area contributed by atoms with Gasteiger partial charge >= 0.3 is 0 Å². The number of benzene rings is 3. The lowest BCUT2D eigenvalue weighted by atomic mass is 10.1. The Balaban J connectivity index is 1.51. The number of carbonyl (C=O) groups excluding carboxylic acids is 2. The zero-order chi connectivity index (χ0) is 26.0. The van der Waals surface area contributed by atoms with Gasteiger partial charge < -0.3 is 10.2 Å². The first-order valence-electron chi connectivity index (χ1n) is 12.6. The number of nitrogens with one attached hydrogen (secondary N) is 1. The van der Waals surface area contributed by atoms with Crippen LogP contribution in [0.2, 0.25) is 5.02 Å². The van der Waals surface area contributed by atoms with Crippen LogP contribution in [-0.4, -0.2) is 39.6 Å². The smallest absolute Gasteiger partial charge is 0.245 e. The number of anilines is 1. The third kappa shape index (κ3) is 7.30. The molecule has 190 valence electrons. The number of rotatable bonds is 11. The van der Waals surface area contributed by atoms with Gasteiger partial charge in [-0.1, -0.05) is 85.6 Å². The second-order valence-corrected chi connectivity index (χ2v) is 9.31. The van der Waals surface area contributed by atoms with Crippen LogP contribution in [0.4, 0.5) is 5.82 Å². The predicted molar refractivity (Wildman–Crippen MR) is 149 cm³/mol. The van der Waals surface area contributed by atoms with Crippen LogP contribution < -0.4 is 5.32 Å².